The Morgan fingerprint density at radius 3 is 2.32 bits per heavy atom. The van der Waals surface area contributed by atoms with Gasteiger partial charge in [0.05, 0.1) is 25.0 Å². The highest BCUT2D eigenvalue weighted by atomic mass is 32.2. The van der Waals surface area contributed by atoms with E-state index < -0.39 is 5.97 Å². The first-order valence-corrected chi connectivity index (χ1v) is 11.9. The molecular formula is C24H28N4O5S. The van der Waals surface area contributed by atoms with E-state index in [2.05, 4.69) is 15.5 Å². The predicted octanol–water partition coefficient (Wildman–Crippen LogP) is 4.35. The Morgan fingerprint density at radius 1 is 1.03 bits per heavy atom. The van der Waals surface area contributed by atoms with E-state index in [1.165, 1.54) is 11.8 Å². The summed E-state index contributed by atoms with van der Waals surface area (Å²) in [6.45, 7) is 6.59. The second kappa shape index (κ2) is 12.1. The number of thioether (sulfide) groups is 1. The number of aromatic nitrogens is 3. The highest BCUT2D eigenvalue weighted by Gasteiger charge is 2.19. The minimum absolute atomic E-state index is 0.158. The number of hydrogen-bond donors (Lipinski definition) is 1. The number of amides is 1. The molecule has 0 bridgehead atoms. The molecule has 0 aliphatic carbocycles. The molecule has 34 heavy (non-hydrogen) atoms. The molecule has 10 heteroatoms. The first kappa shape index (κ1) is 25.1. The number of benzene rings is 2. The molecule has 1 amide bonds. The SMILES string of the molecule is CCOC(=O)c1ccc(NC(=O)CSc2nnc(C(C)Oc3ccc(OC)cc3)n2CC)cc1. The van der Waals surface area contributed by atoms with Crippen molar-refractivity contribution in [1.29, 1.82) is 0 Å². The molecule has 1 heterocycles. The van der Waals surface area contributed by atoms with Gasteiger partial charge in [0.25, 0.3) is 0 Å². The molecule has 9 nitrogen and oxygen atoms in total. The lowest BCUT2D eigenvalue weighted by Gasteiger charge is -2.15. The van der Waals surface area contributed by atoms with E-state index in [-0.39, 0.29) is 17.8 Å². The molecule has 1 atom stereocenters. The van der Waals surface area contributed by atoms with Crippen LogP contribution in [0.2, 0.25) is 0 Å². The van der Waals surface area contributed by atoms with Gasteiger partial charge in [0, 0.05) is 12.2 Å². The highest BCUT2D eigenvalue weighted by Crippen LogP contribution is 2.26. The van der Waals surface area contributed by atoms with Crippen LogP contribution in [0.1, 0.15) is 43.1 Å². The summed E-state index contributed by atoms with van der Waals surface area (Å²) in [6.07, 6.45) is -0.332. The monoisotopic (exact) mass is 484 g/mol. The number of ether oxygens (including phenoxy) is 3. The Balaban J connectivity index is 1.57. The first-order valence-electron chi connectivity index (χ1n) is 10.9. The molecule has 0 fully saturated rings. The zero-order valence-corrected chi connectivity index (χ0v) is 20.4. The summed E-state index contributed by atoms with van der Waals surface area (Å²) in [5, 5.41) is 12.0. The molecule has 3 aromatic rings. The standard InChI is InChI=1S/C24H28N4O5S/c1-5-28-22(16(3)33-20-13-11-19(31-4)12-14-20)26-27-24(28)34-15-21(29)25-18-9-7-17(8-10-18)23(30)32-6-2/h7-14,16H,5-6,15H2,1-4H3,(H,25,29). The van der Waals surface area contributed by atoms with Crippen molar-refractivity contribution >= 4 is 29.3 Å². The van der Waals surface area contributed by atoms with Gasteiger partial charge in [0.2, 0.25) is 5.91 Å². The minimum atomic E-state index is -0.393. The molecule has 1 N–H and O–H groups in total. The third-order valence-electron chi connectivity index (χ3n) is 4.81. The van der Waals surface area contributed by atoms with Crippen LogP contribution in [0.5, 0.6) is 11.5 Å². The van der Waals surface area contributed by atoms with Gasteiger partial charge in [-0.3, -0.25) is 4.79 Å². The average Bonchev–Trinajstić information content (AvgIpc) is 3.27. The van der Waals surface area contributed by atoms with Gasteiger partial charge in [0.1, 0.15) is 11.5 Å². The number of hydrogen-bond acceptors (Lipinski definition) is 8. The Labute approximate surface area is 202 Å². The van der Waals surface area contributed by atoms with Gasteiger partial charge in [-0.1, -0.05) is 11.8 Å². The third kappa shape index (κ3) is 6.50. The van der Waals surface area contributed by atoms with E-state index >= 15 is 0 Å². The van der Waals surface area contributed by atoms with E-state index in [0.29, 0.717) is 41.1 Å². The highest BCUT2D eigenvalue weighted by molar-refractivity contribution is 7.99. The first-order chi connectivity index (χ1) is 16.4. The van der Waals surface area contributed by atoms with Crippen molar-refractivity contribution in [2.24, 2.45) is 0 Å². The van der Waals surface area contributed by atoms with Crippen LogP contribution in [0.4, 0.5) is 5.69 Å². The number of nitrogens with one attached hydrogen (secondary N) is 1. The number of rotatable bonds is 11. The van der Waals surface area contributed by atoms with Crippen molar-refractivity contribution in [3.05, 3.63) is 59.9 Å². The van der Waals surface area contributed by atoms with E-state index in [1.807, 2.05) is 42.7 Å². The fraction of sp³-hybridized carbons (Fsp3) is 0.333. The molecular weight excluding hydrogens is 456 g/mol. The number of esters is 1. The summed E-state index contributed by atoms with van der Waals surface area (Å²) in [4.78, 5) is 24.2. The second-order valence-corrected chi connectivity index (χ2v) is 8.10. The van der Waals surface area contributed by atoms with E-state index in [4.69, 9.17) is 14.2 Å². The number of carbonyl (C=O) groups excluding carboxylic acids is 2. The van der Waals surface area contributed by atoms with Crippen molar-refractivity contribution in [3.8, 4) is 11.5 Å². The molecule has 1 aromatic heterocycles. The van der Waals surface area contributed by atoms with Crippen LogP contribution in [-0.4, -0.2) is 46.1 Å². The molecule has 3 rings (SSSR count). The maximum Gasteiger partial charge on any atom is 0.338 e. The van der Waals surface area contributed by atoms with Gasteiger partial charge >= 0.3 is 5.97 Å². The second-order valence-electron chi connectivity index (χ2n) is 7.16. The number of nitrogens with zero attached hydrogens (tertiary/aromatic N) is 3. The normalized spacial score (nSPS) is 11.5. The van der Waals surface area contributed by atoms with E-state index in [0.717, 1.165) is 5.75 Å². The molecule has 2 aromatic carbocycles. The zero-order chi connectivity index (χ0) is 24.5. The molecule has 180 valence electrons. The van der Waals surface area contributed by atoms with Crippen LogP contribution in [-0.2, 0) is 16.1 Å². The molecule has 0 aliphatic heterocycles. The van der Waals surface area contributed by atoms with Crippen molar-refractivity contribution in [1.82, 2.24) is 14.8 Å². The van der Waals surface area contributed by atoms with Gasteiger partial charge in [0.15, 0.2) is 17.1 Å². The molecule has 0 radical (unpaired) electrons. The topological polar surface area (TPSA) is 105 Å². The number of methoxy groups -OCH3 is 1. The third-order valence-corrected chi connectivity index (χ3v) is 5.78. The fourth-order valence-corrected chi connectivity index (χ4v) is 3.96. The summed E-state index contributed by atoms with van der Waals surface area (Å²) >= 11 is 1.29. The summed E-state index contributed by atoms with van der Waals surface area (Å²) in [5.41, 5.74) is 1.03. The molecule has 0 saturated carbocycles. The quantitative estimate of drug-likeness (QED) is 0.316. The van der Waals surface area contributed by atoms with E-state index in [1.54, 1.807) is 38.3 Å². The van der Waals surface area contributed by atoms with Crippen LogP contribution in [0.25, 0.3) is 0 Å². The van der Waals surface area contributed by atoms with Gasteiger partial charge in [-0.15, -0.1) is 10.2 Å². The largest absolute Gasteiger partial charge is 0.497 e. The van der Waals surface area contributed by atoms with Crippen LogP contribution >= 0.6 is 11.8 Å². The van der Waals surface area contributed by atoms with Crippen LogP contribution in [0.3, 0.4) is 0 Å². The van der Waals surface area contributed by atoms with Crippen LogP contribution in [0, 0.1) is 0 Å². The Hall–Kier alpha value is -3.53. The van der Waals surface area contributed by atoms with Crippen molar-refractivity contribution in [3.63, 3.8) is 0 Å². The fourth-order valence-electron chi connectivity index (χ4n) is 3.15. The van der Waals surface area contributed by atoms with Gasteiger partial charge < -0.3 is 24.1 Å². The van der Waals surface area contributed by atoms with Crippen LogP contribution in [0.15, 0.2) is 53.7 Å². The summed E-state index contributed by atoms with van der Waals surface area (Å²) in [7, 11) is 1.61. The smallest absolute Gasteiger partial charge is 0.338 e. The minimum Gasteiger partial charge on any atom is -0.497 e. The van der Waals surface area contributed by atoms with Crippen molar-refractivity contribution in [2.75, 3.05) is 24.8 Å². The van der Waals surface area contributed by atoms with Crippen molar-refractivity contribution < 1.29 is 23.8 Å². The maximum absolute atomic E-state index is 12.4. The summed E-state index contributed by atoms with van der Waals surface area (Å²) < 4.78 is 18.1. The number of anilines is 1. The molecule has 0 spiro atoms. The summed E-state index contributed by atoms with van der Waals surface area (Å²) in [6, 6.07) is 13.9. The van der Waals surface area contributed by atoms with Crippen LogP contribution < -0.4 is 14.8 Å². The Morgan fingerprint density at radius 2 is 1.71 bits per heavy atom. The predicted molar refractivity (Wildman–Crippen MR) is 129 cm³/mol. The molecule has 0 saturated heterocycles. The average molecular weight is 485 g/mol. The van der Waals surface area contributed by atoms with E-state index in [9.17, 15) is 9.59 Å². The molecule has 0 aliphatic rings. The molecule has 1 unspecified atom stereocenters. The lowest BCUT2D eigenvalue weighted by molar-refractivity contribution is -0.113. The zero-order valence-electron chi connectivity index (χ0n) is 19.6. The number of carbonyl (C=O) groups is 2. The van der Waals surface area contributed by atoms with Gasteiger partial charge in [-0.05, 0) is 69.3 Å². The Bertz CT molecular complexity index is 1100. The van der Waals surface area contributed by atoms with Gasteiger partial charge in [-0.25, -0.2) is 4.79 Å². The Kier molecular flexibility index (Phi) is 8.92. The van der Waals surface area contributed by atoms with Gasteiger partial charge in [-0.2, -0.15) is 0 Å². The van der Waals surface area contributed by atoms with Crippen molar-refractivity contribution in [2.45, 2.75) is 38.6 Å². The lowest BCUT2D eigenvalue weighted by Crippen LogP contribution is -2.15. The maximum atomic E-state index is 12.4. The summed E-state index contributed by atoms with van der Waals surface area (Å²) in [5.74, 6) is 1.70. The lowest BCUT2D eigenvalue weighted by atomic mass is 10.2.